The molecule has 1 amide bonds. The Hall–Kier alpha value is -1.52. The topological polar surface area (TPSA) is 46.3 Å². The van der Waals surface area contributed by atoms with Gasteiger partial charge in [-0.3, -0.25) is 4.79 Å². The van der Waals surface area contributed by atoms with Crippen molar-refractivity contribution in [1.82, 2.24) is 0 Å². The third-order valence-electron chi connectivity index (χ3n) is 3.32. The molecule has 0 radical (unpaired) electrons. The molecule has 0 saturated heterocycles. The van der Waals surface area contributed by atoms with Gasteiger partial charge in [-0.15, -0.1) is 11.3 Å². The molecule has 3 nitrogen and oxygen atoms in total. The van der Waals surface area contributed by atoms with Gasteiger partial charge in [-0.25, -0.2) is 0 Å². The van der Waals surface area contributed by atoms with Crippen LogP contribution in [0, 0.1) is 0 Å². The Bertz CT molecular complexity index is 638. The number of hydrogen-bond acceptors (Lipinski definition) is 3. The molecule has 0 saturated carbocycles. The number of anilines is 2. The minimum Gasteiger partial charge on any atom is -0.398 e. The monoisotopic (exact) mass is 292 g/mol. The van der Waals surface area contributed by atoms with Crippen molar-refractivity contribution in [3.63, 3.8) is 0 Å². The molecule has 1 aliphatic heterocycles. The predicted molar refractivity (Wildman–Crippen MR) is 80.2 cm³/mol. The van der Waals surface area contributed by atoms with Crippen LogP contribution in [0.3, 0.4) is 0 Å². The first-order valence-electron chi connectivity index (χ1n) is 6.11. The van der Waals surface area contributed by atoms with Gasteiger partial charge in [0, 0.05) is 17.9 Å². The summed E-state index contributed by atoms with van der Waals surface area (Å²) < 4.78 is 0.633. The lowest BCUT2D eigenvalue weighted by Gasteiger charge is -2.29. The SMILES string of the molecule is Nc1cccc2c1CCCN2C(=O)c1ccc(Cl)s1. The molecule has 0 spiro atoms. The van der Waals surface area contributed by atoms with E-state index in [4.69, 9.17) is 17.3 Å². The normalized spacial score (nSPS) is 14.3. The number of nitrogens with two attached hydrogens (primary N) is 1. The van der Waals surface area contributed by atoms with Crippen LogP contribution in [-0.2, 0) is 6.42 Å². The van der Waals surface area contributed by atoms with E-state index in [-0.39, 0.29) is 5.91 Å². The molecule has 1 aromatic heterocycles. The molecule has 2 aromatic rings. The van der Waals surface area contributed by atoms with E-state index in [1.807, 2.05) is 18.2 Å². The Kier molecular flexibility index (Phi) is 3.21. The quantitative estimate of drug-likeness (QED) is 0.817. The van der Waals surface area contributed by atoms with E-state index in [0.717, 1.165) is 36.3 Å². The summed E-state index contributed by atoms with van der Waals surface area (Å²) in [7, 11) is 0. The second kappa shape index (κ2) is 4.87. The van der Waals surface area contributed by atoms with Crippen molar-refractivity contribution in [2.75, 3.05) is 17.2 Å². The van der Waals surface area contributed by atoms with Crippen LogP contribution in [0.5, 0.6) is 0 Å². The number of nitrogens with zero attached hydrogens (tertiary/aromatic N) is 1. The summed E-state index contributed by atoms with van der Waals surface area (Å²) >= 11 is 7.21. The first-order chi connectivity index (χ1) is 9.16. The van der Waals surface area contributed by atoms with Gasteiger partial charge in [-0.05, 0) is 42.7 Å². The molecular weight excluding hydrogens is 280 g/mol. The number of amides is 1. The maximum Gasteiger partial charge on any atom is 0.268 e. The minimum absolute atomic E-state index is 0.00319. The molecule has 0 atom stereocenters. The summed E-state index contributed by atoms with van der Waals surface area (Å²) in [5, 5.41) is 0. The van der Waals surface area contributed by atoms with E-state index in [0.29, 0.717) is 9.21 Å². The maximum absolute atomic E-state index is 12.5. The standard InChI is InChI=1S/C14H13ClN2OS/c15-13-7-6-12(19-13)14(18)17-8-2-3-9-10(16)4-1-5-11(9)17/h1,4-7H,2-3,8,16H2. The largest absolute Gasteiger partial charge is 0.398 e. The number of rotatable bonds is 1. The predicted octanol–water partition coefficient (Wildman–Crippen LogP) is 3.58. The molecule has 0 fully saturated rings. The molecule has 2 heterocycles. The Balaban J connectivity index is 2.00. The number of fused-ring (bicyclic) bond motifs is 1. The number of carbonyl (C=O) groups is 1. The van der Waals surface area contributed by atoms with Crippen LogP contribution in [0.1, 0.15) is 21.7 Å². The van der Waals surface area contributed by atoms with E-state index < -0.39 is 0 Å². The van der Waals surface area contributed by atoms with E-state index in [1.165, 1.54) is 11.3 Å². The first-order valence-corrected chi connectivity index (χ1v) is 7.31. The third-order valence-corrected chi connectivity index (χ3v) is 4.54. The molecule has 98 valence electrons. The number of benzene rings is 1. The summed E-state index contributed by atoms with van der Waals surface area (Å²) in [6.07, 6.45) is 1.86. The van der Waals surface area contributed by atoms with Crippen molar-refractivity contribution >= 4 is 40.2 Å². The first kappa shape index (κ1) is 12.5. The third kappa shape index (κ3) is 2.22. The van der Waals surface area contributed by atoms with Crippen molar-refractivity contribution < 1.29 is 4.79 Å². The van der Waals surface area contributed by atoms with Gasteiger partial charge in [0.05, 0.1) is 9.21 Å². The molecular formula is C14H13ClN2OS. The molecule has 0 unspecified atom stereocenters. The van der Waals surface area contributed by atoms with E-state index in [2.05, 4.69) is 0 Å². The van der Waals surface area contributed by atoms with Crippen LogP contribution in [0.4, 0.5) is 11.4 Å². The highest BCUT2D eigenvalue weighted by Crippen LogP contribution is 2.33. The summed E-state index contributed by atoms with van der Waals surface area (Å²) in [6.45, 7) is 0.727. The zero-order valence-corrected chi connectivity index (χ0v) is 11.8. The number of carbonyl (C=O) groups excluding carboxylic acids is 1. The highest BCUT2D eigenvalue weighted by molar-refractivity contribution is 7.18. The zero-order chi connectivity index (χ0) is 13.4. The highest BCUT2D eigenvalue weighted by atomic mass is 35.5. The fraction of sp³-hybridized carbons (Fsp3) is 0.214. The summed E-state index contributed by atoms with van der Waals surface area (Å²) in [6, 6.07) is 9.26. The van der Waals surface area contributed by atoms with Crippen molar-refractivity contribution in [2.24, 2.45) is 0 Å². The van der Waals surface area contributed by atoms with Crippen LogP contribution in [-0.4, -0.2) is 12.5 Å². The number of halogens is 1. The lowest BCUT2D eigenvalue weighted by Crippen LogP contribution is -2.35. The molecule has 1 aliphatic rings. The maximum atomic E-state index is 12.5. The van der Waals surface area contributed by atoms with Crippen LogP contribution in [0.2, 0.25) is 4.34 Å². The number of hydrogen-bond donors (Lipinski definition) is 1. The van der Waals surface area contributed by atoms with Gasteiger partial charge >= 0.3 is 0 Å². The lowest BCUT2D eigenvalue weighted by atomic mass is 10.00. The van der Waals surface area contributed by atoms with Gasteiger partial charge < -0.3 is 10.6 Å². The van der Waals surface area contributed by atoms with Gasteiger partial charge in [-0.2, -0.15) is 0 Å². The average Bonchev–Trinajstić information content (AvgIpc) is 2.85. The van der Waals surface area contributed by atoms with Crippen molar-refractivity contribution in [2.45, 2.75) is 12.8 Å². The fourth-order valence-corrected chi connectivity index (χ4v) is 3.42. The Morgan fingerprint density at radius 3 is 2.89 bits per heavy atom. The molecule has 0 aliphatic carbocycles. The molecule has 2 N–H and O–H groups in total. The summed E-state index contributed by atoms with van der Waals surface area (Å²) in [5.74, 6) is 0.00319. The molecule has 0 bridgehead atoms. The number of nitrogen functional groups attached to an aromatic ring is 1. The molecule has 1 aromatic carbocycles. The average molecular weight is 293 g/mol. The highest BCUT2D eigenvalue weighted by Gasteiger charge is 2.25. The Labute approximate surface area is 120 Å². The second-order valence-electron chi connectivity index (χ2n) is 4.51. The smallest absolute Gasteiger partial charge is 0.268 e. The van der Waals surface area contributed by atoms with E-state index in [9.17, 15) is 4.79 Å². The van der Waals surface area contributed by atoms with Crippen molar-refractivity contribution in [3.05, 3.63) is 45.1 Å². The molecule has 19 heavy (non-hydrogen) atoms. The van der Waals surface area contributed by atoms with Crippen molar-refractivity contribution in [3.8, 4) is 0 Å². The number of thiophene rings is 1. The lowest BCUT2D eigenvalue weighted by molar-refractivity contribution is 0.0989. The van der Waals surface area contributed by atoms with Gasteiger partial charge in [0.25, 0.3) is 5.91 Å². The van der Waals surface area contributed by atoms with Gasteiger partial charge in [0.2, 0.25) is 0 Å². The molecule has 3 rings (SSSR count). The van der Waals surface area contributed by atoms with Crippen LogP contribution >= 0.6 is 22.9 Å². The van der Waals surface area contributed by atoms with Crippen LogP contribution in [0.25, 0.3) is 0 Å². The second-order valence-corrected chi connectivity index (χ2v) is 6.22. The Morgan fingerprint density at radius 1 is 1.32 bits per heavy atom. The van der Waals surface area contributed by atoms with Crippen LogP contribution in [0.15, 0.2) is 30.3 Å². The molecule has 5 heteroatoms. The van der Waals surface area contributed by atoms with Crippen molar-refractivity contribution in [1.29, 1.82) is 0 Å². The van der Waals surface area contributed by atoms with Gasteiger partial charge in [0.15, 0.2) is 0 Å². The van der Waals surface area contributed by atoms with E-state index in [1.54, 1.807) is 17.0 Å². The fourth-order valence-electron chi connectivity index (χ4n) is 2.42. The summed E-state index contributed by atoms with van der Waals surface area (Å²) in [5.41, 5.74) is 8.76. The zero-order valence-electron chi connectivity index (χ0n) is 10.2. The minimum atomic E-state index is 0.00319. The van der Waals surface area contributed by atoms with Gasteiger partial charge in [-0.1, -0.05) is 17.7 Å². The van der Waals surface area contributed by atoms with E-state index >= 15 is 0 Å². The summed E-state index contributed by atoms with van der Waals surface area (Å²) in [4.78, 5) is 15.0. The Morgan fingerprint density at radius 2 is 2.16 bits per heavy atom. The van der Waals surface area contributed by atoms with Crippen LogP contribution < -0.4 is 10.6 Å². The van der Waals surface area contributed by atoms with Gasteiger partial charge in [0.1, 0.15) is 0 Å².